The molecule has 0 aliphatic carbocycles. The van der Waals surface area contributed by atoms with Gasteiger partial charge in [-0.25, -0.2) is 4.79 Å². The first kappa shape index (κ1) is 14.5. The summed E-state index contributed by atoms with van der Waals surface area (Å²) in [7, 11) is 1.42. The van der Waals surface area contributed by atoms with Crippen molar-refractivity contribution in [1.29, 1.82) is 0 Å². The lowest BCUT2D eigenvalue weighted by Crippen LogP contribution is -2.32. The normalized spacial score (nSPS) is 9.74. The third-order valence-corrected chi connectivity index (χ3v) is 2.39. The van der Waals surface area contributed by atoms with Gasteiger partial charge in [0, 0.05) is 19.2 Å². The first-order chi connectivity index (χ1) is 8.90. The number of amides is 3. The van der Waals surface area contributed by atoms with Gasteiger partial charge in [-0.1, -0.05) is 12.1 Å². The third-order valence-electron chi connectivity index (χ3n) is 2.39. The lowest BCUT2D eigenvalue weighted by atomic mass is 10.1. The van der Waals surface area contributed by atoms with Crippen molar-refractivity contribution in [2.45, 2.75) is 6.54 Å². The van der Waals surface area contributed by atoms with Crippen LogP contribution in [0, 0.1) is 0 Å². The van der Waals surface area contributed by atoms with E-state index in [0.717, 1.165) is 10.5 Å². The molecule has 4 N–H and O–H groups in total. The second-order valence-electron chi connectivity index (χ2n) is 3.97. The van der Waals surface area contributed by atoms with Gasteiger partial charge in [-0.2, -0.15) is 0 Å². The number of hydrogen-bond donors (Lipinski definition) is 3. The predicted octanol–water partition coefficient (Wildman–Crippen LogP) is 0.0115. The summed E-state index contributed by atoms with van der Waals surface area (Å²) in [5, 5.41) is 11.0. The van der Waals surface area contributed by atoms with Crippen molar-refractivity contribution in [2.75, 3.05) is 13.6 Å². The number of likely N-dealkylation sites (N-methyl/N-ethyl adjacent to an activating group) is 1. The number of nitrogens with two attached hydrogens (primary N) is 1. The number of benzene rings is 1. The molecule has 0 bridgehead atoms. The number of primary amides is 1. The first-order valence-corrected chi connectivity index (χ1v) is 5.49. The molecule has 0 aromatic heterocycles. The van der Waals surface area contributed by atoms with E-state index in [0.29, 0.717) is 5.56 Å². The number of aliphatic carboxylic acids is 1. The molecule has 1 aromatic carbocycles. The van der Waals surface area contributed by atoms with Gasteiger partial charge in [0.05, 0.1) is 0 Å². The van der Waals surface area contributed by atoms with Crippen molar-refractivity contribution in [3.63, 3.8) is 0 Å². The topological polar surface area (TPSA) is 113 Å². The molecular formula is C12H15N3O4. The molecule has 3 amide bonds. The van der Waals surface area contributed by atoms with Gasteiger partial charge in [-0.15, -0.1) is 0 Å². The van der Waals surface area contributed by atoms with Crippen LogP contribution in [-0.4, -0.2) is 41.5 Å². The number of carboxylic acid groups (broad SMARTS) is 1. The monoisotopic (exact) mass is 265 g/mol. The minimum absolute atomic E-state index is 0.273. The molecule has 0 atom stereocenters. The summed E-state index contributed by atoms with van der Waals surface area (Å²) in [6.45, 7) is -0.0847. The lowest BCUT2D eigenvalue weighted by Gasteiger charge is -2.14. The highest BCUT2D eigenvalue weighted by molar-refractivity contribution is 5.95. The lowest BCUT2D eigenvalue weighted by molar-refractivity contribution is -0.137. The number of carbonyl (C=O) groups excluding carboxylic acids is 2. The van der Waals surface area contributed by atoms with Crippen molar-refractivity contribution in [3.8, 4) is 0 Å². The summed E-state index contributed by atoms with van der Waals surface area (Å²) in [5.74, 6) is -1.45. The van der Waals surface area contributed by atoms with Crippen LogP contribution in [0.1, 0.15) is 15.9 Å². The maximum Gasteiger partial charge on any atom is 0.323 e. The molecule has 0 heterocycles. The Morgan fingerprint density at radius 1 is 1.26 bits per heavy atom. The Bertz CT molecular complexity index is 484. The zero-order valence-corrected chi connectivity index (χ0v) is 10.4. The summed E-state index contributed by atoms with van der Waals surface area (Å²) in [6.07, 6.45) is 0. The molecule has 1 aromatic rings. The fourth-order valence-corrected chi connectivity index (χ4v) is 1.45. The minimum Gasteiger partial charge on any atom is -0.480 e. The van der Waals surface area contributed by atoms with Crippen LogP contribution in [0.2, 0.25) is 0 Å². The van der Waals surface area contributed by atoms with Crippen molar-refractivity contribution in [3.05, 3.63) is 35.4 Å². The highest BCUT2D eigenvalue weighted by Gasteiger charge is 2.13. The molecule has 0 fully saturated rings. The molecule has 0 aliphatic rings. The van der Waals surface area contributed by atoms with Crippen LogP contribution >= 0.6 is 0 Å². The fraction of sp³-hybridized carbons (Fsp3) is 0.250. The Morgan fingerprint density at radius 3 is 2.32 bits per heavy atom. The molecule has 7 nitrogen and oxygen atoms in total. The van der Waals surface area contributed by atoms with Gasteiger partial charge < -0.3 is 21.1 Å². The Hall–Kier alpha value is -2.57. The van der Waals surface area contributed by atoms with Gasteiger partial charge >= 0.3 is 12.0 Å². The molecule has 1 rings (SSSR count). The summed E-state index contributed by atoms with van der Waals surface area (Å²) < 4.78 is 0. The van der Waals surface area contributed by atoms with Gasteiger partial charge in [0.1, 0.15) is 6.54 Å². The van der Waals surface area contributed by atoms with E-state index < -0.39 is 12.0 Å². The van der Waals surface area contributed by atoms with E-state index in [1.807, 2.05) is 0 Å². The molecule has 0 spiro atoms. The maximum atomic E-state index is 11.8. The Kier molecular flexibility index (Phi) is 4.87. The summed E-state index contributed by atoms with van der Waals surface area (Å²) in [4.78, 5) is 34.0. The molecule has 0 saturated heterocycles. The highest BCUT2D eigenvalue weighted by atomic mass is 16.4. The quantitative estimate of drug-likeness (QED) is 0.696. The average Bonchev–Trinajstić information content (AvgIpc) is 2.35. The highest BCUT2D eigenvalue weighted by Crippen LogP contribution is 2.07. The molecule has 0 saturated carbocycles. The maximum absolute atomic E-state index is 11.8. The number of urea groups is 1. The zero-order valence-electron chi connectivity index (χ0n) is 10.4. The Balaban J connectivity index is 2.67. The van der Waals surface area contributed by atoms with Crippen LogP contribution < -0.4 is 11.1 Å². The van der Waals surface area contributed by atoms with Crippen LogP contribution in [0.25, 0.3) is 0 Å². The van der Waals surface area contributed by atoms with E-state index in [1.165, 1.54) is 7.05 Å². The van der Waals surface area contributed by atoms with Crippen LogP contribution in [0.5, 0.6) is 0 Å². The number of hydrogen-bond acceptors (Lipinski definition) is 3. The standard InChI is InChI=1S/C12H15N3O4/c1-15(7-10(16)17)11(18)9-4-2-8(3-5-9)6-14-12(13)19/h2-5H,6-7H2,1H3,(H,16,17)(H3,13,14,19). The molecule has 0 unspecified atom stereocenters. The van der Waals surface area contributed by atoms with Gasteiger partial charge in [-0.3, -0.25) is 9.59 Å². The number of nitrogens with one attached hydrogen (secondary N) is 1. The molecular weight excluding hydrogens is 250 g/mol. The number of carboxylic acids is 1. The molecule has 19 heavy (non-hydrogen) atoms. The average molecular weight is 265 g/mol. The summed E-state index contributed by atoms with van der Waals surface area (Å²) in [6, 6.07) is 5.84. The Labute approximate surface area is 110 Å². The SMILES string of the molecule is CN(CC(=O)O)C(=O)c1ccc(CNC(N)=O)cc1. The molecule has 0 aliphatic heterocycles. The van der Waals surface area contributed by atoms with E-state index in [1.54, 1.807) is 24.3 Å². The van der Waals surface area contributed by atoms with Crippen LogP contribution in [0.15, 0.2) is 24.3 Å². The Morgan fingerprint density at radius 2 is 1.84 bits per heavy atom. The second-order valence-corrected chi connectivity index (χ2v) is 3.97. The van der Waals surface area contributed by atoms with E-state index in [2.05, 4.69) is 5.32 Å². The van der Waals surface area contributed by atoms with E-state index in [-0.39, 0.29) is 19.0 Å². The van der Waals surface area contributed by atoms with Gasteiger partial charge in [0.25, 0.3) is 5.91 Å². The van der Waals surface area contributed by atoms with Gasteiger partial charge in [0.2, 0.25) is 0 Å². The summed E-state index contributed by atoms with van der Waals surface area (Å²) >= 11 is 0. The van der Waals surface area contributed by atoms with Crippen molar-refractivity contribution >= 4 is 17.9 Å². The molecule has 0 radical (unpaired) electrons. The molecule has 102 valence electrons. The van der Waals surface area contributed by atoms with Crippen LogP contribution in [0.4, 0.5) is 4.79 Å². The van der Waals surface area contributed by atoms with E-state index >= 15 is 0 Å². The number of rotatable bonds is 5. The largest absolute Gasteiger partial charge is 0.480 e. The van der Waals surface area contributed by atoms with Crippen LogP contribution in [-0.2, 0) is 11.3 Å². The predicted molar refractivity (Wildman–Crippen MR) is 67.5 cm³/mol. The second kappa shape index (κ2) is 6.39. The number of nitrogens with zero attached hydrogens (tertiary/aromatic N) is 1. The smallest absolute Gasteiger partial charge is 0.323 e. The summed E-state index contributed by atoms with van der Waals surface area (Å²) in [5.41, 5.74) is 6.11. The number of carbonyl (C=O) groups is 3. The van der Waals surface area contributed by atoms with Gasteiger partial charge in [0.15, 0.2) is 0 Å². The fourth-order valence-electron chi connectivity index (χ4n) is 1.45. The zero-order chi connectivity index (χ0) is 14.4. The van der Waals surface area contributed by atoms with Crippen molar-refractivity contribution in [1.82, 2.24) is 10.2 Å². The van der Waals surface area contributed by atoms with E-state index in [9.17, 15) is 14.4 Å². The van der Waals surface area contributed by atoms with Crippen molar-refractivity contribution < 1.29 is 19.5 Å². The van der Waals surface area contributed by atoms with E-state index in [4.69, 9.17) is 10.8 Å². The first-order valence-electron chi connectivity index (χ1n) is 5.49. The minimum atomic E-state index is -1.07. The third kappa shape index (κ3) is 4.66. The van der Waals surface area contributed by atoms with Crippen molar-refractivity contribution in [2.24, 2.45) is 5.73 Å². The van der Waals surface area contributed by atoms with Crippen LogP contribution in [0.3, 0.4) is 0 Å². The van der Waals surface area contributed by atoms with Gasteiger partial charge in [-0.05, 0) is 17.7 Å². The molecule has 7 heteroatoms.